The van der Waals surface area contributed by atoms with Gasteiger partial charge in [-0.15, -0.1) is 11.3 Å². The molecule has 0 spiro atoms. The van der Waals surface area contributed by atoms with E-state index in [-0.39, 0.29) is 11.8 Å². The molecule has 1 heterocycles. The van der Waals surface area contributed by atoms with Gasteiger partial charge in [-0.1, -0.05) is 29.8 Å². The maximum absolute atomic E-state index is 12.7. The van der Waals surface area contributed by atoms with E-state index in [1.165, 1.54) is 24.2 Å². The predicted octanol–water partition coefficient (Wildman–Crippen LogP) is 5.83. The Balaban J connectivity index is 1.41. The molecule has 0 saturated heterocycles. The van der Waals surface area contributed by atoms with Gasteiger partial charge in [0.2, 0.25) is 0 Å². The number of anilines is 2. The molecule has 1 fully saturated rings. The van der Waals surface area contributed by atoms with Crippen molar-refractivity contribution in [2.75, 3.05) is 17.2 Å². The van der Waals surface area contributed by atoms with Crippen molar-refractivity contribution >= 4 is 46.1 Å². The van der Waals surface area contributed by atoms with Crippen LogP contribution >= 0.6 is 22.9 Å². The Labute approximate surface area is 184 Å². The van der Waals surface area contributed by atoms with E-state index in [1.54, 1.807) is 30.3 Å². The van der Waals surface area contributed by atoms with Crippen LogP contribution in [0.5, 0.6) is 0 Å². The van der Waals surface area contributed by atoms with Gasteiger partial charge in [-0.05, 0) is 66.1 Å². The summed E-state index contributed by atoms with van der Waals surface area (Å²) in [4.78, 5) is 25.6. The number of hydrogen-bond acceptors (Lipinski definition) is 4. The third-order valence-electron chi connectivity index (χ3n) is 4.73. The van der Waals surface area contributed by atoms with Gasteiger partial charge < -0.3 is 15.4 Å². The van der Waals surface area contributed by atoms with Crippen molar-refractivity contribution in [3.8, 4) is 0 Å². The van der Waals surface area contributed by atoms with Crippen LogP contribution < -0.4 is 10.6 Å². The molecule has 2 aromatic carbocycles. The second-order valence-electron chi connectivity index (χ2n) is 7.24. The van der Waals surface area contributed by atoms with E-state index in [2.05, 4.69) is 10.6 Å². The maximum Gasteiger partial charge on any atom is 0.265 e. The number of rotatable bonds is 8. The fourth-order valence-electron chi connectivity index (χ4n) is 2.92. The van der Waals surface area contributed by atoms with Crippen LogP contribution in [0.3, 0.4) is 0 Å². The van der Waals surface area contributed by atoms with E-state index in [0.29, 0.717) is 39.4 Å². The number of carbonyl (C=O) groups is 2. The van der Waals surface area contributed by atoms with Crippen LogP contribution in [0.4, 0.5) is 11.4 Å². The fraction of sp³-hybridized carbons (Fsp3) is 0.217. The van der Waals surface area contributed by atoms with Crippen molar-refractivity contribution in [1.29, 1.82) is 0 Å². The molecule has 2 N–H and O–H groups in total. The molecule has 7 heteroatoms. The first kappa shape index (κ1) is 20.6. The van der Waals surface area contributed by atoms with Crippen molar-refractivity contribution in [1.82, 2.24) is 0 Å². The quantitative estimate of drug-likeness (QED) is 0.462. The Kier molecular flexibility index (Phi) is 6.47. The molecule has 4 rings (SSSR count). The summed E-state index contributed by atoms with van der Waals surface area (Å²) in [6, 6.07) is 15.9. The van der Waals surface area contributed by atoms with Gasteiger partial charge in [0.1, 0.15) is 0 Å². The summed E-state index contributed by atoms with van der Waals surface area (Å²) < 4.78 is 5.72. The van der Waals surface area contributed by atoms with Gasteiger partial charge in [-0.25, -0.2) is 0 Å². The molecule has 3 aromatic rings. The lowest BCUT2D eigenvalue weighted by Gasteiger charge is -2.11. The lowest BCUT2D eigenvalue weighted by Crippen LogP contribution is -2.14. The lowest BCUT2D eigenvalue weighted by molar-refractivity contribution is 0.101. The second-order valence-corrected chi connectivity index (χ2v) is 8.59. The average molecular weight is 441 g/mol. The van der Waals surface area contributed by atoms with Gasteiger partial charge in [-0.2, -0.15) is 0 Å². The van der Waals surface area contributed by atoms with Gasteiger partial charge in [0.15, 0.2) is 0 Å². The summed E-state index contributed by atoms with van der Waals surface area (Å²) in [6.07, 6.45) is 2.51. The zero-order valence-corrected chi connectivity index (χ0v) is 17.8. The number of amides is 2. The molecule has 0 atom stereocenters. The first-order valence-corrected chi connectivity index (χ1v) is 11.0. The SMILES string of the molecule is O=C(Nc1cccc(COCC2CC2)c1)c1ccc(Cl)c(NC(=O)c2cccs2)c1. The predicted molar refractivity (Wildman–Crippen MR) is 120 cm³/mol. The van der Waals surface area contributed by atoms with Crippen LogP contribution in [0.15, 0.2) is 60.0 Å². The molecule has 1 aliphatic carbocycles. The Bertz CT molecular complexity index is 1050. The van der Waals surface area contributed by atoms with E-state index in [4.69, 9.17) is 16.3 Å². The van der Waals surface area contributed by atoms with Crippen LogP contribution in [-0.4, -0.2) is 18.4 Å². The number of thiophene rings is 1. The molecule has 1 aliphatic rings. The Hall–Kier alpha value is -2.67. The van der Waals surface area contributed by atoms with E-state index >= 15 is 0 Å². The Morgan fingerprint density at radius 3 is 2.67 bits per heavy atom. The number of halogens is 1. The Morgan fingerprint density at radius 1 is 1.03 bits per heavy atom. The molecule has 0 bridgehead atoms. The van der Waals surface area contributed by atoms with Crippen molar-refractivity contribution in [3.05, 3.63) is 81.0 Å². The number of benzene rings is 2. The summed E-state index contributed by atoms with van der Waals surface area (Å²) in [7, 11) is 0. The maximum atomic E-state index is 12.7. The molecule has 0 radical (unpaired) electrons. The molecule has 2 amide bonds. The highest BCUT2D eigenvalue weighted by molar-refractivity contribution is 7.12. The van der Waals surface area contributed by atoms with Gasteiger partial charge in [-0.3, -0.25) is 9.59 Å². The van der Waals surface area contributed by atoms with Crippen LogP contribution in [-0.2, 0) is 11.3 Å². The minimum Gasteiger partial charge on any atom is -0.376 e. The first-order valence-electron chi connectivity index (χ1n) is 9.71. The second kappa shape index (κ2) is 9.43. The summed E-state index contributed by atoms with van der Waals surface area (Å²) in [6.45, 7) is 1.32. The first-order chi connectivity index (χ1) is 14.6. The Morgan fingerprint density at radius 2 is 1.90 bits per heavy atom. The van der Waals surface area contributed by atoms with E-state index in [9.17, 15) is 9.59 Å². The van der Waals surface area contributed by atoms with E-state index in [1.807, 2.05) is 29.6 Å². The number of ether oxygens (including phenoxy) is 1. The molecular formula is C23H21ClN2O3S. The molecule has 1 aromatic heterocycles. The zero-order chi connectivity index (χ0) is 20.9. The highest BCUT2D eigenvalue weighted by Crippen LogP contribution is 2.29. The summed E-state index contributed by atoms with van der Waals surface area (Å²) >= 11 is 7.54. The van der Waals surface area contributed by atoms with E-state index < -0.39 is 0 Å². The average Bonchev–Trinajstić information content (AvgIpc) is 3.39. The van der Waals surface area contributed by atoms with Gasteiger partial charge >= 0.3 is 0 Å². The third-order valence-corrected chi connectivity index (χ3v) is 5.92. The van der Waals surface area contributed by atoms with Crippen LogP contribution in [0.1, 0.15) is 38.4 Å². The van der Waals surface area contributed by atoms with Crippen LogP contribution in [0.25, 0.3) is 0 Å². The molecule has 0 aliphatic heterocycles. The molecule has 5 nitrogen and oxygen atoms in total. The van der Waals surface area contributed by atoms with Crippen LogP contribution in [0, 0.1) is 5.92 Å². The van der Waals surface area contributed by atoms with Crippen molar-refractivity contribution < 1.29 is 14.3 Å². The zero-order valence-electron chi connectivity index (χ0n) is 16.2. The molecule has 154 valence electrons. The standard InChI is InChI=1S/C23H21ClN2O3S/c24-19-9-8-17(12-20(19)26-23(28)21-5-2-10-30-21)22(27)25-18-4-1-3-16(11-18)14-29-13-15-6-7-15/h1-5,8-12,15H,6-7,13-14H2,(H,25,27)(H,26,28). The van der Waals surface area contributed by atoms with Crippen LogP contribution in [0.2, 0.25) is 5.02 Å². The van der Waals surface area contributed by atoms with Gasteiger partial charge in [0.05, 0.1) is 22.2 Å². The van der Waals surface area contributed by atoms with E-state index in [0.717, 1.165) is 12.2 Å². The summed E-state index contributed by atoms with van der Waals surface area (Å²) in [5, 5.41) is 7.84. The monoisotopic (exact) mass is 440 g/mol. The molecule has 30 heavy (non-hydrogen) atoms. The molecule has 1 saturated carbocycles. The van der Waals surface area contributed by atoms with Gasteiger partial charge in [0.25, 0.3) is 11.8 Å². The smallest absolute Gasteiger partial charge is 0.265 e. The summed E-state index contributed by atoms with van der Waals surface area (Å²) in [5.74, 6) is 0.171. The van der Waals surface area contributed by atoms with Gasteiger partial charge in [0, 0.05) is 17.9 Å². The molecular weight excluding hydrogens is 420 g/mol. The number of nitrogens with one attached hydrogen (secondary N) is 2. The number of carbonyl (C=O) groups excluding carboxylic acids is 2. The highest BCUT2D eigenvalue weighted by Gasteiger charge is 2.21. The van der Waals surface area contributed by atoms with Crippen molar-refractivity contribution in [2.45, 2.75) is 19.4 Å². The minimum atomic E-state index is -0.283. The summed E-state index contributed by atoms with van der Waals surface area (Å²) in [5.41, 5.74) is 2.49. The van der Waals surface area contributed by atoms with Crippen molar-refractivity contribution in [2.24, 2.45) is 5.92 Å². The third kappa shape index (κ3) is 5.48. The van der Waals surface area contributed by atoms with Crippen molar-refractivity contribution in [3.63, 3.8) is 0 Å². The minimum absolute atomic E-state index is 0.261. The number of hydrogen-bond donors (Lipinski definition) is 2. The normalized spacial score (nSPS) is 13.1. The topological polar surface area (TPSA) is 67.4 Å². The molecule has 0 unspecified atom stereocenters. The lowest BCUT2D eigenvalue weighted by atomic mass is 10.1. The fourth-order valence-corrected chi connectivity index (χ4v) is 3.71. The highest BCUT2D eigenvalue weighted by atomic mass is 35.5. The largest absolute Gasteiger partial charge is 0.376 e.